The summed E-state index contributed by atoms with van der Waals surface area (Å²) in [5.41, 5.74) is 2.24. The molecule has 0 aliphatic carbocycles. The molecule has 0 bridgehead atoms. The van der Waals surface area contributed by atoms with E-state index in [0.717, 1.165) is 18.0 Å². The Labute approximate surface area is 128 Å². The third-order valence-corrected chi connectivity index (χ3v) is 3.23. The predicted octanol–water partition coefficient (Wildman–Crippen LogP) is 3.94. The van der Waals surface area contributed by atoms with E-state index in [0.29, 0.717) is 11.0 Å². The molecule has 20 heavy (non-hydrogen) atoms. The minimum atomic E-state index is 0.0929. The Hall–Kier alpha value is -1.29. The van der Waals surface area contributed by atoms with Crippen molar-refractivity contribution in [3.05, 3.63) is 23.8 Å². The van der Waals surface area contributed by atoms with Crippen LogP contribution >= 0.6 is 12.2 Å². The molecule has 0 saturated carbocycles. The number of nitrogens with one attached hydrogen (secondary N) is 2. The van der Waals surface area contributed by atoms with Crippen molar-refractivity contribution in [2.45, 2.75) is 40.0 Å². The van der Waals surface area contributed by atoms with Gasteiger partial charge in [-0.05, 0) is 41.2 Å². The molecule has 0 spiro atoms. The van der Waals surface area contributed by atoms with Crippen molar-refractivity contribution in [1.29, 1.82) is 0 Å². The first kappa shape index (κ1) is 16.8. The highest BCUT2D eigenvalue weighted by atomic mass is 32.1. The molecule has 1 rings (SSSR count). The lowest BCUT2D eigenvalue weighted by molar-refractivity contribution is 0.416. The van der Waals surface area contributed by atoms with Crippen LogP contribution in [-0.2, 0) is 5.41 Å². The number of hydrogen-bond acceptors (Lipinski definition) is 2. The zero-order valence-corrected chi connectivity index (χ0v) is 14.1. The van der Waals surface area contributed by atoms with Crippen LogP contribution in [0.25, 0.3) is 0 Å². The lowest BCUT2D eigenvalue weighted by atomic mass is 9.87. The zero-order chi connectivity index (χ0) is 15.3. The topological polar surface area (TPSA) is 33.3 Å². The van der Waals surface area contributed by atoms with Crippen LogP contribution in [-0.4, -0.2) is 18.8 Å². The molecule has 0 aromatic heterocycles. The van der Waals surface area contributed by atoms with Crippen molar-refractivity contribution in [3.63, 3.8) is 0 Å². The maximum absolute atomic E-state index is 5.39. The Morgan fingerprint density at radius 1 is 1.30 bits per heavy atom. The molecule has 0 atom stereocenters. The normalized spacial score (nSPS) is 11.3. The molecule has 112 valence electrons. The summed E-state index contributed by atoms with van der Waals surface area (Å²) < 4.78 is 5.39. The smallest absolute Gasteiger partial charge is 0.170 e. The lowest BCUT2D eigenvalue weighted by Gasteiger charge is -2.22. The first-order valence-electron chi connectivity index (χ1n) is 6.97. The standard InChI is InChI=1S/C16H26N2OS/c1-11(2)10-17-15(20)18-13-9-12(16(3,4)5)7-8-14(13)19-6/h7-9,11H,10H2,1-6H3,(H2,17,18,20). The second-order valence-electron chi connectivity index (χ2n) is 6.39. The molecule has 4 heteroatoms. The molecular weight excluding hydrogens is 268 g/mol. The maximum atomic E-state index is 5.39. The van der Waals surface area contributed by atoms with Gasteiger partial charge in [0.15, 0.2) is 5.11 Å². The highest BCUT2D eigenvalue weighted by Crippen LogP contribution is 2.31. The van der Waals surface area contributed by atoms with E-state index in [-0.39, 0.29) is 5.41 Å². The number of rotatable bonds is 4. The molecule has 3 nitrogen and oxygen atoms in total. The molecule has 0 saturated heterocycles. The Morgan fingerprint density at radius 3 is 2.45 bits per heavy atom. The van der Waals surface area contributed by atoms with Crippen LogP contribution in [0.4, 0.5) is 5.69 Å². The van der Waals surface area contributed by atoms with Gasteiger partial charge in [0.2, 0.25) is 0 Å². The molecule has 0 aliphatic heterocycles. The van der Waals surface area contributed by atoms with Crippen molar-refractivity contribution in [1.82, 2.24) is 5.32 Å². The van der Waals surface area contributed by atoms with Crippen molar-refractivity contribution < 1.29 is 4.74 Å². The van der Waals surface area contributed by atoms with Crippen LogP contribution in [0.2, 0.25) is 0 Å². The number of thiocarbonyl (C=S) groups is 1. The van der Waals surface area contributed by atoms with Gasteiger partial charge in [-0.3, -0.25) is 0 Å². The first-order valence-corrected chi connectivity index (χ1v) is 7.38. The van der Waals surface area contributed by atoms with Gasteiger partial charge in [-0.1, -0.05) is 40.7 Å². The van der Waals surface area contributed by atoms with Gasteiger partial charge in [-0.2, -0.15) is 0 Å². The third-order valence-electron chi connectivity index (χ3n) is 2.98. The van der Waals surface area contributed by atoms with E-state index in [1.54, 1.807) is 7.11 Å². The van der Waals surface area contributed by atoms with Crippen molar-refractivity contribution >= 4 is 23.0 Å². The summed E-state index contributed by atoms with van der Waals surface area (Å²) in [5.74, 6) is 1.35. The Balaban J connectivity index is 2.89. The number of anilines is 1. The average Bonchev–Trinajstić information content (AvgIpc) is 2.35. The summed E-state index contributed by atoms with van der Waals surface area (Å²) in [6.45, 7) is 11.7. The summed E-state index contributed by atoms with van der Waals surface area (Å²) in [6, 6.07) is 6.17. The summed E-state index contributed by atoms with van der Waals surface area (Å²) in [5, 5.41) is 7.06. The number of methoxy groups -OCH3 is 1. The summed E-state index contributed by atoms with van der Waals surface area (Å²) in [7, 11) is 1.67. The summed E-state index contributed by atoms with van der Waals surface area (Å²) in [4.78, 5) is 0. The van der Waals surface area contributed by atoms with Gasteiger partial charge in [0.05, 0.1) is 12.8 Å². The van der Waals surface area contributed by atoms with Crippen LogP contribution in [0.3, 0.4) is 0 Å². The lowest BCUT2D eigenvalue weighted by Crippen LogP contribution is -2.31. The fourth-order valence-electron chi connectivity index (χ4n) is 1.74. The highest BCUT2D eigenvalue weighted by molar-refractivity contribution is 7.80. The van der Waals surface area contributed by atoms with Gasteiger partial charge in [0.1, 0.15) is 5.75 Å². The van der Waals surface area contributed by atoms with Gasteiger partial charge < -0.3 is 15.4 Å². The SMILES string of the molecule is COc1ccc(C(C)(C)C)cc1NC(=S)NCC(C)C. The van der Waals surface area contributed by atoms with E-state index in [1.807, 2.05) is 6.07 Å². The Kier molecular flexibility index (Phi) is 5.81. The van der Waals surface area contributed by atoms with E-state index in [4.69, 9.17) is 17.0 Å². The van der Waals surface area contributed by atoms with E-state index >= 15 is 0 Å². The van der Waals surface area contributed by atoms with Crippen LogP contribution in [0.5, 0.6) is 5.75 Å². The van der Waals surface area contributed by atoms with Crippen molar-refractivity contribution in [3.8, 4) is 5.75 Å². The third kappa shape index (κ3) is 5.00. The van der Waals surface area contributed by atoms with Crippen LogP contribution in [0, 0.1) is 5.92 Å². The Bertz CT molecular complexity index is 464. The molecular formula is C16H26N2OS. The molecule has 0 amide bonds. The molecule has 0 unspecified atom stereocenters. The fraction of sp³-hybridized carbons (Fsp3) is 0.562. The minimum absolute atomic E-state index is 0.0929. The molecule has 0 radical (unpaired) electrons. The summed E-state index contributed by atoms with van der Waals surface area (Å²) in [6.07, 6.45) is 0. The van der Waals surface area contributed by atoms with Gasteiger partial charge in [-0.25, -0.2) is 0 Å². The van der Waals surface area contributed by atoms with Crippen LogP contribution in [0.15, 0.2) is 18.2 Å². The highest BCUT2D eigenvalue weighted by Gasteiger charge is 2.16. The van der Waals surface area contributed by atoms with Gasteiger partial charge in [0.25, 0.3) is 0 Å². The summed E-state index contributed by atoms with van der Waals surface area (Å²) >= 11 is 5.32. The number of hydrogen-bond donors (Lipinski definition) is 2. The van der Waals surface area contributed by atoms with Crippen molar-refractivity contribution in [2.75, 3.05) is 19.0 Å². The maximum Gasteiger partial charge on any atom is 0.170 e. The monoisotopic (exact) mass is 294 g/mol. The number of ether oxygens (including phenoxy) is 1. The quantitative estimate of drug-likeness (QED) is 0.824. The predicted molar refractivity (Wildman–Crippen MR) is 90.8 cm³/mol. The average molecular weight is 294 g/mol. The molecule has 0 fully saturated rings. The largest absolute Gasteiger partial charge is 0.495 e. The number of benzene rings is 1. The molecule has 1 aromatic carbocycles. The molecule has 0 heterocycles. The molecule has 1 aromatic rings. The van der Waals surface area contributed by atoms with Crippen LogP contribution < -0.4 is 15.4 Å². The second kappa shape index (κ2) is 6.93. The van der Waals surface area contributed by atoms with Gasteiger partial charge in [-0.15, -0.1) is 0 Å². The second-order valence-corrected chi connectivity index (χ2v) is 6.80. The van der Waals surface area contributed by atoms with E-state index in [1.165, 1.54) is 5.56 Å². The minimum Gasteiger partial charge on any atom is -0.495 e. The first-order chi connectivity index (χ1) is 9.24. The van der Waals surface area contributed by atoms with Crippen LogP contribution in [0.1, 0.15) is 40.2 Å². The van der Waals surface area contributed by atoms with E-state index < -0.39 is 0 Å². The van der Waals surface area contributed by atoms with Gasteiger partial charge >= 0.3 is 0 Å². The van der Waals surface area contributed by atoms with E-state index in [2.05, 4.69) is 57.4 Å². The zero-order valence-electron chi connectivity index (χ0n) is 13.3. The molecule has 0 aliphatic rings. The Morgan fingerprint density at radius 2 is 1.95 bits per heavy atom. The van der Waals surface area contributed by atoms with Gasteiger partial charge in [0, 0.05) is 6.54 Å². The fourth-order valence-corrected chi connectivity index (χ4v) is 1.93. The molecule has 2 N–H and O–H groups in total. The van der Waals surface area contributed by atoms with Crippen molar-refractivity contribution in [2.24, 2.45) is 5.92 Å². The van der Waals surface area contributed by atoms with E-state index in [9.17, 15) is 0 Å².